The number of ether oxygens (including phenoxy) is 4. The molecule has 12 nitrogen and oxygen atoms in total. The minimum atomic E-state index is -4.85. The fraction of sp³-hybridized carbons (Fsp3) is 0.360. The Labute approximate surface area is 417 Å². The standard InChI is InChI=1S/C26H27BrF3N3O3.C24H23BrF3N3O3/c1-5-7-14-25(26(28,29)30,34-16-19-12-9-8-10-13-19)24-33-32-23(36-24)21-20(27)15-17(3)22(31-21)35-18(4)11-6-2;1-15-13-18(25)19-21-30-31-22(34-21)23(24(26,27)28,32-14-17-10-6-3-7-11-17)12-8-4-5-9-16(2)33-20(15)29-19/h5-6,8-10,12-13,15,18H,1-2,7,11,14,16H2,3-4H3;3-7,10-11,13,16H,8-9,12,14H2,1-2H3/t18-,25-;16-,23-/m11/s1. The zero-order chi connectivity index (χ0) is 50.7. The van der Waals surface area contributed by atoms with Gasteiger partial charge in [-0.1, -0.05) is 85.0 Å². The molecule has 20 heteroatoms. The molecule has 2 aromatic carbocycles. The molecule has 0 N–H and O–H groups in total. The average Bonchev–Trinajstić information content (AvgIpc) is 4.01. The van der Waals surface area contributed by atoms with Crippen LogP contribution < -0.4 is 9.47 Å². The van der Waals surface area contributed by atoms with Gasteiger partial charge in [-0.25, -0.2) is 9.97 Å². The van der Waals surface area contributed by atoms with E-state index in [0.29, 0.717) is 44.7 Å². The molecule has 372 valence electrons. The van der Waals surface area contributed by atoms with Gasteiger partial charge in [-0.05, 0) is 108 Å². The molecule has 0 spiro atoms. The van der Waals surface area contributed by atoms with Gasteiger partial charge < -0.3 is 27.8 Å². The Hall–Kier alpha value is -5.70. The molecule has 0 saturated heterocycles. The first-order chi connectivity index (χ1) is 33.3. The highest BCUT2D eigenvalue weighted by atomic mass is 79.9. The molecule has 4 aromatic heterocycles. The molecule has 4 bridgehead atoms. The molecule has 1 aliphatic heterocycles. The maximum absolute atomic E-state index is 14.6. The Kier molecular flexibility index (Phi) is 18.0. The normalized spacial score (nSPS) is 17.5. The van der Waals surface area contributed by atoms with Crippen LogP contribution in [-0.4, -0.2) is 54.9 Å². The summed E-state index contributed by atoms with van der Waals surface area (Å²) in [6.45, 7) is 14.0. The maximum atomic E-state index is 14.6. The van der Waals surface area contributed by atoms with Crippen LogP contribution in [0.3, 0.4) is 0 Å². The number of aromatic nitrogens is 6. The molecule has 0 radical (unpaired) electrons. The number of fused-ring (bicyclic) bond motifs is 5. The summed E-state index contributed by atoms with van der Waals surface area (Å²) < 4.78 is 123. The molecule has 6 aromatic rings. The third-order valence-corrected chi connectivity index (χ3v) is 12.1. The van der Waals surface area contributed by atoms with Crippen molar-refractivity contribution in [3.8, 4) is 34.9 Å². The largest absolute Gasteiger partial charge is 0.474 e. The quantitative estimate of drug-likeness (QED) is 0.0714. The number of benzene rings is 2. The summed E-state index contributed by atoms with van der Waals surface area (Å²) in [5, 5.41) is 15.3. The lowest BCUT2D eigenvalue weighted by atomic mass is 9.95. The minimum Gasteiger partial charge on any atom is -0.474 e. The van der Waals surface area contributed by atoms with E-state index in [2.05, 4.69) is 75.4 Å². The molecule has 7 rings (SSSR count). The first-order valence-electron chi connectivity index (χ1n) is 22.0. The smallest absolute Gasteiger partial charge is 0.426 e. The number of aryl methyl sites for hydroxylation is 2. The SMILES string of the molecule is C=CCC[C@@](OCc1ccccc1)(c1nnc(-c2nc(O[C@H](C)CC=C)c(C)cc2Br)o1)C(F)(F)F.Cc1cc(Br)c2nc1O[C@H](C)CC=CCC[C@](OCc1ccccc1)(C(F)(F)F)c1nnc-2o1. The van der Waals surface area contributed by atoms with Crippen molar-refractivity contribution in [2.45, 2.75) is 115 Å². The van der Waals surface area contributed by atoms with E-state index in [0.717, 1.165) is 11.1 Å². The molecule has 0 unspecified atom stereocenters. The molecule has 70 heavy (non-hydrogen) atoms. The van der Waals surface area contributed by atoms with Crippen molar-refractivity contribution < 1.29 is 54.1 Å². The zero-order valence-electron chi connectivity index (χ0n) is 38.6. The summed E-state index contributed by atoms with van der Waals surface area (Å²) in [6, 6.07) is 20.7. The van der Waals surface area contributed by atoms with Crippen LogP contribution in [0.25, 0.3) is 23.2 Å². The van der Waals surface area contributed by atoms with E-state index in [9.17, 15) is 26.3 Å². The second-order valence-corrected chi connectivity index (χ2v) is 18.1. The van der Waals surface area contributed by atoms with E-state index in [1.807, 2.05) is 20.8 Å². The van der Waals surface area contributed by atoms with E-state index in [4.69, 9.17) is 27.8 Å². The van der Waals surface area contributed by atoms with Crippen LogP contribution in [0.5, 0.6) is 11.8 Å². The van der Waals surface area contributed by atoms with Gasteiger partial charge in [-0.15, -0.1) is 33.6 Å². The summed E-state index contributed by atoms with van der Waals surface area (Å²) in [7, 11) is 0. The molecule has 5 heterocycles. The fourth-order valence-corrected chi connectivity index (χ4v) is 8.28. The first kappa shape index (κ1) is 53.6. The number of rotatable bonds is 15. The van der Waals surface area contributed by atoms with Gasteiger partial charge >= 0.3 is 12.4 Å². The molecule has 0 saturated carbocycles. The molecule has 0 fully saturated rings. The number of hydrogen-bond donors (Lipinski definition) is 0. The topological polar surface area (TPSA) is 141 Å². The van der Waals surface area contributed by atoms with E-state index in [-0.39, 0.29) is 61.4 Å². The van der Waals surface area contributed by atoms with Crippen molar-refractivity contribution in [2.24, 2.45) is 0 Å². The van der Waals surface area contributed by atoms with E-state index < -0.39 is 48.2 Å². The number of halogens is 8. The van der Waals surface area contributed by atoms with Crippen molar-refractivity contribution in [1.82, 2.24) is 30.4 Å². The van der Waals surface area contributed by atoms with Crippen molar-refractivity contribution in [3.05, 3.63) is 153 Å². The van der Waals surface area contributed by atoms with Crippen molar-refractivity contribution in [1.29, 1.82) is 0 Å². The Morgan fingerprint density at radius 1 is 0.800 bits per heavy atom. The number of hydrogen-bond acceptors (Lipinski definition) is 12. The van der Waals surface area contributed by atoms with Crippen LogP contribution in [0, 0.1) is 13.8 Å². The second kappa shape index (κ2) is 23.5. The van der Waals surface area contributed by atoms with E-state index in [1.54, 1.807) is 97.9 Å². The number of allylic oxidation sites excluding steroid dienone is 2. The summed E-state index contributed by atoms with van der Waals surface area (Å²) in [5.74, 6) is -1.09. The summed E-state index contributed by atoms with van der Waals surface area (Å²) in [5.41, 5.74) is -2.62. The monoisotopic (exact) mass is 1100 g/mol. The van der Waals surface area contributed by atoms with Gasteiger partial charge in [0.05, 0.1) is 13.2 Å². The fourth-order valence-electron chi connectivity index (χ4n) is 7.07. The second-order valence-electron chi connectivity index (χ2n) is 16.4. The van der Waals surface area contributed by atoms with Gasteiger partial charge in [-0.3, -0.25) is 0 Å². The van der Waals surface area contributed by atoms with Crippen LogP contribution in [0.4, 0.5) is 26.3 Å². The highest BCUT2D eigenvalue weighted by Gasteiger charge is 2.62. The van der Waals surface area contributed by atoms with E-state index >= 15 is 0 Å². The Morgan fingerprint density at radius 3 is 2.04 bits per heavy atom. The van der Waals surface area contributed by atoms with Crippen LogP contribution in [0.15, 0.2) is 128 Å². The van der Waals surface area contributed by atoms with Crippen LogP contribution in [0.2, 0.25) is 0 Å². The van der Waals surface area contributed by atoms with Gasteiger partial charge in [0.25, 0.3) is 23.6 Å². The van der Waals surface area contributed by atoms with Crippen LogP contribution in [-0.2, 0) is 33.9 Å². The summed E-state index contributed by atoms with van der Waals surface area (Å²) in [4.78, 5) is 8.89. The Morgan fingerprint density at radius 2 is 1.41 bits per heavy atom. The maximum Gasteiger partial charge on any atom is 0.426 e. The third kappa shape index (κ3) is 12.8. The lowest BCUT2D eigenvalue weighted by Gasteiger charge is -2.32. The Balaban J connectivity index is 0.000000230. The number of pyridine rings is 2. The van der Waals surface area contributed by atoms with E-state index in [1.165, 1.54) is 6.08 Å². The van der Waals surface area contributed by atoms with Gasteiger partial charge in [0, 0.05) is 32.9 Å². The summed E-state index contributed by atoms with van der Waals surface area (Å²) in [6.07, 6.45) is -3.22. The van der Waals surface area contributed by atoms with Crippen molar-refractivity contribution in [3.63, 3.8) is 0 Å². The van der Waals surface area contributed by atoms with Gasteiger partial charge in [-0.2, -0.15) is 26.3 Å². The predicted octanol–water partition coefficient (Wildman–Crippen LogP) is 14.2. The first-order valence-corrected chi connectivity index (χ1v) is 23.6. The van der Waals surface area contributed by atoms with Crippen LogP contribution >= 0.6 is 31.9 Å². The van der Waals surface area contributed by atoms with Gasteiger partial charge in [0.1, 0.15) is 23.6 Å². The lowest BCUT2D eigenvalue weighted by Crippen LogP contribution is -2.45. The van der Waals surface area contributed by atoms with Crippen molar-refractivity contribution in [2.75, 3.05) is 0 Å². The number of nitrogens with zero attached hydrogens (tertiary/aromatic N) is 6. The number of alkyl halides is 6. The zero-order valence-corrected chi connectivity index (χ0v) is 41.8. The molecule has 0 aliphatic carbocycles. The molecular weight excluding hydrogens is 1050 g/mol. The molecule has 1 aliphatic rings. The predicted molar refractivity (Wildman–Crippen MR) is 255 cm³/mol. The van der Waals surface area contributed by atoms with Crippen LogP contribution in [0.1, 0.15) is 86.4 Å². The average molecular weight is 1100 g/mol. The third-order valence-electron chi connectivity index (χ3n) is 10.9. The Bertz CT molecular complexity index is 2720. The van der Waals surface area contributed by atoms with Gasteiger partial charge in [0.2, 0.25) is 23.0 Å². The van der Waals surface area contributed by atoms with Gasteiger partial charge in [0.15, 0.2) is 0 Å². The van der Waals surface area contributed by atoms with Crippen molar-refractivity contribution >= 4 is 31.9 Å². The highest BCUT2D eigenvalue weighted by molar-refractivity contribution is 9.11. The molecule has 4 atom stereocenters. The minimum absolute atomic E-state index is 0.0116. The highest BCUT2D eigenvalue weighted by Crippen LogP contribution is 2.48. The molecule has 0 amide bonds. The molecular formula is C50H50Br2F6N6O6. The summed E-state index contributed by atoms with van der Waals surface area (Å²) >= 11 is 6.78. The lowest BCUT2D eigenvalue weighted by molar-refractivity contribution is -0.299.